The maximum Gasteiger partial charge on any atom is 0.0339 e. The highest BCUT2D eigenvalue weighted by Crippen LogP contribution is 2.28. The molecule has 1 aromatic rings. The van der Waals surface area contributed by atoms with Crippen molar-refractivity contribution in [2.75, 3.05) is 6.54 Å². The Hall–Kier alpha value is -0.0500. The van der Waals surface area contributed by atoms with Crippen LogP contribution in [0.1, 0.15) is 24.1 Å². The van der Waals surface area contributed by atoms with Crippen molar-refractivity contribution in [3.05, 3.63) is 22.4 Å². The fourth-order valence-electron chi connectivity index (χ4n) is 2.01. The van der Waals surface area contributed by atoms with Gasteiger partial charge in [0.2, 0.25) is 0 Å². The molecular weight excluding hydrogens is 214 g/mol. The van der Waals surface area contributed by atoms with E-state index in [9.17, 15) is 0 Å². The molecular formula is C11H16ClNS. The summed E-state index contributed by atoms with van der Waals surface area (Å²) in [4.78, 5) is 1.42. The zero-order chi connectivity index (χ0) is 9.80. The van der Waals surface area contributed by atoms with Gasteiger partial charge in [-0.15, -0.1) is 22.9 Å². The van der Waals surface area contributed by atoms with Crippen LogP contribution < -0.4 is 5.32 Å². The molecule has 0 bridgehead atoms. The molecule has 1 aromatic heterocycles. The zero-order valence-corrected chi connectivity index (χ0v) is 9.78. The van der Waals surface area contributed by atoms with Crippen LogP contribution in [-0.2, 0) is 6.54 Å². The predicted octanol–water partition coefficient (Wildman–Crippen LogP) is 3.25. The molecule has 0 amide bonds. The Morgan fingerprint density at radius 1 is 1.50 bits per heavy atom. The van der Waals surface area contributed by atoms with Crippen LogP contribution in [0, 0.1) is 5.92 Å². The maximum atomic E-state index is 6.06. The predicted molar refractivity (Wildman–Crippen MR) is 63.0 cm³/mol. The molecule has 2 unspecified atom stereocenters. The highest BCUT2D eigenvalue weighted by Gasteiger charge is 2.22. The number of nitrogens with one attached hydrogen (secondary N) is 1. The smallest absolute Gasteiger partial charge is 0.0339 e. The second-order valence-electron chi connectivity index (χ2n) is 3.99. The van der Waals surface area contributed by atoms with Crippen molar-refractivity contribution in [3.8, 4) is 0 Å². The van der Waals surface area contributed by atoms with E-state index in [1.807, 2.05) is 11.3 Å². The minimum Gasteiger partial charge on any atom is -0.312 e. The fraction of sp³-hybridized carbons (Fsp3) is 0.636. The second-order valence-corrected chi connectivity index (χ2v) is 5.64. The SMILES string of the molecule is ClC1CCC(CNCc2cccs2)C1. The Kier molecular flexibility index (Phi) is 3.85. The van der Waals surface area contributed by atoms with E-state index >= 15 is 0 Å². The standard InChI is InChI=1S/C11H16ClNS/c12-10-4-3-9(6-10)7-13-8-11-2-1-5-14-11/h1-2,5,9-10,13H,3-4,6-8H2. The van der Waals surface area contributed by atoms with E-state index < -0.39 is 0 Å². The fourth-order valence-corrected chi connectivity index (χ4v) is 3.06. The largest absolute Gasteiger partial charge is 0.312 e. The molecule has 78 valence electrons. The number of rotatable bonds is 4. The summed E-state index contributed by atoms with van der Waals surface area (Å²) in [5, 5.41) is 6.06. The Bertz CT molecular complexity index is 260. The highest BCUT2D eigenvalue weighted by atomic mass is 35.5. The summed E-state index contributed by atoms with van der Waals surface area (Å²) in [5.41, 5.74) is 0. The van der Waals surface area contributed by atoms with Crippen LogP contribution in [-0.4, -0.2) is 11.9 Å². The van der Waals surface area contributed by atoms with Crippen molar-refractivity contribution in [2.45, 2.75) is 31.2 Å². The maximum absolute atomic E-state index is 6.06. The average Bonchev–Trinajstić information content (AvgIpc) is 2.77. The minimum absolute atomic E-state index is 0.434. The van der Waals surface area contributed by atoms with Gasteiger partial charge in [0.25, 0.3) is 0 Å². The topological polar surface area (TPSA) is 12.0 Å². The van der Waals surface area contributed by atoms with Gasteiger partial charge in [-0.25, -0.2) is 0 Å². The van der Waals surface area contributed by atoms with E-state index in [1.165, 1.54) is 24.1 Å². The molecule has 0 aliphatic heterocycles. The quantitative estimate of drug-likeness (QED) is 0.782. The van der Waals surface area contributed by atoms with Gasteiger partial charge in [0.1, 0.15) is 0 Å². The third-order valence-electron chi connectivity index (χ3n) is 2.79. The van der Waals surface area contributed by atoms with Crippen LogP contribution >= 0.6 is 22.9 Å². The molecule has 1 nitrogen and oxygen atoms in total. The first-order valence-corrected chi connectivity index (χ1v) is 6.53. The lowest BCUT2D eigenvalue weighted by molar-refractivity contribution is 0.491. The van der Waals surface area contributed by atoms with E-state index in [1.54, 1.807) is 0 Å². The first-order chi connectivity index (χ1) is 6.84. The van der Waals surface area contributed by atoms with Crippen molar-refractivity contribution < 1.29 is 0 Å². The van der Waals surface area contributed by atoms with Gasteiger partial charge in [-0.2, -0.15) is 0 Å². The van der Waals surface area contributed by atoms with Gasteiger partial charge in [-0.3, -0.25) is 0 Å². The highest BCUT2D eigenvalue weighted by molar-refractivity contribution is 7.09. The summed E-state index contributed by atoms with van der Waals surface area (Å²) >= 11 is 7.88. The van der Waals surface area contributed by atoms with Crippen molar-refractivity contribution >= 4 is 22.9 Å². The third kappa shape index (κ3) is 2.97. The Morgan fingerprint density at radius 2 is 2.43 bits per heavy atom. The molecule has 2 rings (SSSR count). The second kappa shape index (κ2) is 5.15. The van der Waals surface area contributed by atoms with E-state index in [2.05, 4.69) is 22.8 Å². The molecule has 0 aromatic carbocycles. The number of hydrogen-bond donors (Lipinski definition) is 1. The lowest BCUT2D eigenvalue weighted by Gasteiger charge is -2.09. The van der Waals surface area contributed by atoms with E-state index in [0.29, 0.717) is 5.38 Å². The third-order valence-corrected chi connectivity index (χ3v) is 4.06. The minimum atomic E-state index is 0.434. The van der Waals surface area contributed by atoms with Crippen molar-refractivity contribution in [1.82, 2.24) is 5.32 Å². The lowest BCUT2D eigenvalue weighted by Crippen LogP contribution is -2.20. The van der Waals surface area contributed by atoms with Gasteiger partial charge in [0.05, 0.1) is 0 Å². The molecule has 1 heterocycles. The lowest BCUT2D eigenvalue weighted by atomic mass is 10.1. The number of hydrogen-bond acceptors (Lipinski definition) is 2. The molecule has 1 fully saturated rings. The van der Waals surface area contributed by atoms with Crippen molar-refractivity contribution in [3.63, 3.8) is 0 Å². The first-order valence-electron chi connectivity index (χ1n) is 5.22. The number of alkyl halides is 1. The summed E-state index contributed by atoms with van der Waals surface area (Å²) in [6, 6.07) is 4.28. The van der Waals surface area contributed by atoms with E-state index in [-0.39, 0.29) is 0 Å². The van der Waals surface area contributed by atoms with Crippen molar-refractivity contribution in [1.29, 1.82) is 0 Å². The molecule has 0 radical (unpaired) electrons. The van der Waals surface area contributed by atoms with Gasteiger partial charge >= 0.3 is 0 Å². The van der Waals surface area contributed by atoms with Crippen LogP contribution in [0.4, 0.5) is 0 Å². The van der Waals surface area contributed by atoms with Gasteiger partial charge in [0.15, 0.2) is 0 Å². The summed E-state index contributed by atoms with van der Waals surface area (Å²) in [5.74, 6) is 0.803. The molecule has 1 aliphatic carbocycles. The van der Waals surface area contributed by atoms with E-state index in [0.717, 1.165) is 19.0 Å². The molecule has 1 N–H and O–H groups in total. The molecule has 3 heteroatoms. The monoisotopic (exact) mass is 229 g/mol. The first kappa shape index (κ1) is 10.5. The van der Waals surface area contributed by atoms with Crippen LogP contribution in [0.5, 0.6) is 0 Å². The van der Waals surface area contributed by atoms with Crippen molar-refractivity contribution in [2.24, 2.45) is 5.92 Å². The van der Waals surface area contributed by atoms with Crippen LogP contribution in [0.15, 0.2) is 17.5 Å². The molecule has 14 heavy (non-hydrogen) atoms. The summed E-state index contributed by atoms with van der Waals surface area (Å²) in [7, 11) is 0. The molecule has 0 spiro atoms. The molecule has 2 atom stereocenters. The van der Waals surface area contributed by atoms with Gasteiger partial charge in [-0.05, 0) is 43.2 Å². The molecule has 1 saturated carbocycles. The normalized spacial score (nSPS) is 26.9. The van der Waals surface area contributed by atoms with Gasteiger partial charge in [0, 0.05) is 16.8 Å². The molecule has 1 aliphatic rings. The number of thiophene rings is 1. The summed E-state index contributed by atoms with van der Waals surface area (Å²) in [6.45, 7) is 2.14. The summed E-state index contributed by atoms with van der Waals surface area (Å²) < 4.78 is 0. The molecule has 0 saturated heterocycles. The average molecular weight is 230 g/mol. The van der Waals surface area contributed by atoms with Crippen LogP contribution in [0.3, 0.4) is 0 Å². The van der Waals surface area contributed by atoms with Gasteiger partial charge < -0.3 is 5.32 Å². The Labute approximate surface area is 94.5 Å². The van der Waals surface area contributed by atoms with Gasteiger partial charge in [-0.1, -0.05) is 6.07 Å². The van der Waals surface area contributed by atoms with Crippen LogP contribution in [0.2, 0.25) is 0 Å². The van der Waals surface area contributed by atoms with E-state index in [4.69, 9.17) is 11.6 Å². The van der Waals surface area contributed by atoms with Crippen LogP contribution in [0.25, 0.3) is 0 Å². The summed E-state index contributed by atoms with van der Waals surface area (Å²) in [6.07, 6.45) is 3.69. The number of halogens is 1. The zero-order valence-electron chi connectivity index (χ0n) is 8.21. The Balaban J connectivity index is 1.64. The Morgan fingerprint density at radius 3 is 3.07 bits per heavy atom.